The Bertz CT molecular complexity index is 897. The molecule has 0 radical (unpaired) electrons. The molecule has 0 saturated heterocycles. The topological polar surface area (TPSA) is 72.3 Å². The molecule has 1 N–H and O–H groups in total. The molecule has 4 aromatic rings. The van der Waals surface area contributed by atoms with E-state index in [0.717, 1.165) is 22.2 Å². The minimum Gasteiger partial charge on any atom is -0.241 e. The molecule has 0 aliphatic rings. The molecule has 6 nitrogen and oxygen atoms in total. The molecule has 4 rings (SSSR count). The lowest BCUT2D eigenvalue weighted by Gasteiger charge is -2.18. The second-order valence-corrected chi connectivity index (χ2v) is 5.34. The standard InChI is InChI=1S/C15H11ClN6/c16-12-4-1-10(2-5-12)15(22-9-17-8-18-22)11-3-6-13-14(7-11)20-21-19-13/h1-9,15H,(H,19,20,21). The number of benzene rings is 2. The maximum absolute atomic E-state index is 5.99. The normalized spacial score (nSPS) is 12.6. The van der Waals surface area contributed by atoms with Gasteiger partial charge in [-0.25, -0.2) is 9.67 Å². The Kier molecular flexibility index (Phi) is 3.08. The third-order valence-electron chi connectivity index (χ3n) is 3.54. The average Bonchev–Trinajstić information content (AvgIpc) is 3.20. The Balaban J connectivity index is 1.87. The van der Waals surface area contributed by atoms with Gasteiger partial charge in [-0.3, -0.25) is 0 Å². The molecule has 0 aliphatic heterocycles. The first kappa shape index (κ1) is 13.0. The quantitative estimate of drug-likeness (QED) is 0.631. The van der Waals surface area contributed by atoms with E-state index in [9.17, 15) is 0 Å². The number of nitrogens with zero attached hydrogens (tertiary/aromatic N) is 5. The number of hydrogen-bond donors (Lipinski definition) is 1. The van der Waals surface area contributed by atoms with Crippen molar-refractivity contribution in [3.05, 3.63) is 71.3 Å². The van der Waals surface area contributed by atoms with E-state index < -0.39 is 0 Å². The first-order valence-electron chi connectivity index (χ1n) is 6.71. The lowest BCUT2D eigenvalue weighted by atomic mass is 9.98. The van der Waals surface area contributed by atoms with Crippen molar-refractivity contribution in [1.29, 1.82) is 0 Å². The number of rotatable bonds is 3. The lowest BCUT2D eigenvalue weighted by molar-refractivity contribution is 0.594. The Morgan fingerprint density at radius 1 is 0.955 bits per heavy atom. The second-order valence-electron chi connectivity index (χ2n) is 4.90. The summed E-state index contributed by atoms with van der Waals surface area (Å²) in [5.41, 5.74) is 3.76. The molecular weight excluding hydrogens is 300 g/mol. The van der Waals surface area contributed by atoms with Gasteiger partial charge in [-0.15, -0.1) is 0 Å². The fraction of sp³-hybridized carbons (Fsp3) is 0.0667. The van der Waals surface area contributed by atoms with E-state index in [0.29, 0.717) is 5.02 Å². The van der Waals surface area contributed by atoms with Crippen LogP contribution in [0.2, 0.25) is 5.02 Å². The van der Waals surface area contributed by atoms with E-state index in [1.165, 1.54) is 6.33 Å². The summed E-state index contributed by atoms with van der Waals surface area (Å²) in [5, 5.41) is 15.8. The van der Waals surface area contributed by atoms with Gasteiger partial charge in [-0.1, -0.05) is 29.8 Å². The van der Waals surface area contributed by atoms with Gasteiger partial charge in [0.05, 0.1) is 0 Å². The zero-order chi connectivity index (χ0) is 14.9. The molecule has 1 atom stereocenters. The third kappa shape index (κ3) is 2.23. The molecule has 2 heterocycles. The van der Waals surface area contributed by atoms with Crippen LogP contribution in [0.5, 0.6) is 0 Å². The molecule has 0 saturated carbocycles. The Hall–Kier alpha value is -2.73. The fourth-order valence-electron chi connectivity index (χ4n) is 2.52. The molecule has 2 aromatic heterocycles. The van der Waals surface area contributed by atoms with E-state index >= 15 is 0 Å². The van der Waals surface area contributed by atoms with Crippen LogP contribution in [-0.4, -0.2) is 30.2 Å². The van der Waals surface area contributed by atoms with Crippen molar-refractivity contribution >= 4 is 22.6 Å². The molecule has 0 spiro atoms. The Labute approximate surface area is 130 Å². The smallest absolute Gasteiger partial charge is 0.137 e. The van der Waals surface area contributed by atoms with Gasteiger partial charge >= 0.3 is 0 Å². The average molecular weight is 311 g/mol. The highest BCUT2D eigenvalue weighted by atomic mass is 35.5. The maximum Gasteiger partial charge on any atom is 0.137 e. The molecule has 0 fully saturated rings. The van der Waals surface area contributed by atoms with E-state index in [4.69, 9.17) is 11.6 Å². The summed E-state index contributed by atoms with van der Waals surface area (Å²) < 4.78 is 1.81. The van der Waals surface area contributed by atoms with Gasteiger partial charge in [0, 0.05) is 5.02 Å². The molecule has 108 valence electrons. The van der Waals surface area contributed by atoms with Gasteiger partial charge in [0.15, 0.2) is 0 Å². The number of hydrogen-bond acceptors (Lipinski definition) is 4. The number of nitrogens with one attached hydrogen (secondary N) is 1. The van der Waals surface area contributed by atoms with Crippen molar-refractivity contribution in [1.82, 2.24) is 30.2 Å². The van der Waals surface area contributed by atoms with Crippen LogP contribution in [0, 0.1) is 0 Å². The summed E-state index contributed by atoms with van der Waals surface area (Å²) in [5.74, 6) is 0. The predicted molar refractivity (Wildman–Crippen MR) is 82.6 cm³/mol. The van der Waals surface area contributed by atoms with Gasteiger partial charge in [0.2, 0.25) is 0 Å². The van der Waals surface area contributed by atoms with Gasteiger partial charge in [-0.05, 0) is 35.4 Å². The first-order chi connectivity index (χ1) is 10.8. The summed E-state index contributed by atoms with van der Waals surface area (Å²) in [7, 11) is 0. The highest BCUT2D eigenvalue weighted by Crippen LogP contribution is 2.28. The monoisotopic (exact) mass is 310 g/mol. The van der Waals surface area contributed by atoms with E-state index in [2.05, 4.69) is 25.5 Å². The SMILES string of the molecule is Clc1ccc(C(c2ccc3n[nH]nc3c2)n2cncn2)cc1. The summed E-state index contributed by atoms with van der Waals surface area (Å²) in [6.07, 6.45) is 3.23. The minimum atomic E-state index is -0.0964. The van der Waals surface area contributed by atoms with Crippen molar-refractivity contribution in [2.45, 2.75) is 6.04 Å². The molecular formula is C15H11ClN6. The zero-order valence-corrected chi connectivity index (χ0v) is 12.1. The summed E-state index contributed by atoms with van der Waals surface area (Å²) in [6.45, 7) is 0. The van der Waals surface area contributed by atoms with Crippen molar-refractivity contribution in [2.24, 2.45) is 0 Å². The molecule has 22 heavy (non-hydrogen) atoms. The maximum atomic E-state index is 5.99. The van der Waals surface area contributed by atoms with Crippen LogP contribution < -0.4 is 0 Å². The van der Waals surface area contributed by atoms with Gasteiger partial charge in [0.1, 0.15) is 29.7 Å². The van der Waals surface area contributed by atoms with Gasteiger partial charge < -0.3 is 0 Å². The third-order valence-corrected chi connectivity index (χ3v) is 3.79. The number of aromatic amines is 1. The van der Waals surface area contributed by atoms with Crippen LogP contribution in [0.4, 0.5) is 0 Å². The molecule has 1 unspecified atom stereocenters. The van der Waals surface area contributed by atoms with Crippen LogP contribution in [0.15, 0.2) is 55.1 Å². The Morgan fingerprint density at radius 3 is 2.50 bits per heavy atom. The van der Waals surface area contributed by atoms with Crippen molar-refractivity contribution in [2.75, 3.05) is 0 Å². The molecule has 2 aromatic carbocycles. The van der Waals surface area contributed by atoms with Gasteiger partial charge in [-0.2, -0.15) is 20.5 Å². The number of H-pyrrole nitrogens is 1. The minimum absolute atomic E-state index is 0.0964. The zero-order valence-electron chi connectivity index (χ0n) is 11.4. The number of halogens is 1. The van der Waals surface area contributed by atoms with E-state index in [1.807, 2.05) is 47.1 Å². The van der Waals surface area contributed by atoms with Crippen molar-refractivity contribution in [3.8, 4) is 0 Å². The van der Waals surface area contributed by atoms with Crippen LogP contribution in [0.1, 0.15) is 17.2 Å². The van der Waals surface area contributed by atoms with Crippen LogP contribution in [0.3, 0.4) is 0 Å². The van der Waals surface area contributed by atoms with E-state index in [-0.39, 0.29) is 6.04 Å². The summed E-state index contributed by atoms with van der Waals surface area (Å²) in [6, 6.07) is 13.6. The Morgan fingerprint density at radius 2 is 1.73 bits per heavy atom. The van der Waals surface area contributed by atoms with E-state index in [1.54, 1.807) is 6.33 Å². The second kappa shape index (κ2) is 5.23. The van der Waals surface area contributed by atoms with Crippen LogP contribution in [0.25, 0.3) is 11.0 Å². The molecule has 0 amide bonds. The molecule has 0 aliphatic carbocycles. The fourth-order valence-corrected chi connectivity index (χ4v) is 2.65. The van der Waals surface area contributed by atoms with Gasteiger partial charge in [0.25, 0.3) is 0 Å². The molecule has 7 heteroatoms. The first-order valence-corrected chi connectivity index (χ1v) is 7.09. The molecule has 0 bridgehead atoms. The highest BCUT2D eigenvalue weighted by Gasteiger charge is 2.18. The number of aromatic nitrogens is 6. The number of fused-ring (bicyclic) bond motifs is 1. The summed E-state index contributed by atoms with van der Waals surface area (Å²) in [4.78, 5) is 4.06. The van der Waals surface area contributed by atoms with Crippen molar-refractivity contribution < 1.29 is 0 Å². The summed E-state index contributed by atoms with van der Waals surface area (Å²) >= 11 is 5.99. The largest absolute Gasteiger partial charge is 0.241 e. The predicted octanol–water partition coefficient (Wildman–Crippen LogP) is 2.84. The van der Waals surface area contributed by atoms with Crippen LogP contribution in [-0.2, 0) is 0 Å². The van der Waals surface area contributed by atoms with Crippen molar-refractivity contribution in [3.63, 3.8) is 0 Å². The van der Waals surface area contributed by atoms with Crippen LogP contribution >= 0.6 is 11.6 Å². The highest BCUT2D eigenvalue weighted by molar-refractivity contribution is 6.30. The lowest BCUT2D eigenvalue weighted by Crippen LogP contribution is -2.12.